The Labute approximate surface area is 179 Å². The number of carbonyl (C=O) groups excluding carboxylic acids is 1. The van der Waals surface area contributed by atoms with Gasteiger partial charge in [-0.05, 0) is 66.6 Å². The van der Waals surface area contributed by atoms with E-state index in [1.165, 1.54) is 25.8 Å². The van der Waals surface area contributed by atoms with Crippen LogP contribution in [0, 0.1) is 13.8 Å². The van der Waals surface area contributed by atoms with Gasteiger partial charge in [0.05, 0.1) is 18.9 Å². The van der Waals surface area contributed by atoms with Crippen molar-refractivity contribution in [2.24, 2.45) is 0 Å². The highest BCUT2D eigenvalue weighted by Gasteiger charge is 2.15. The van der Waals surface area contributed by atoms with E-state index in [0.29, 0.717) is 28.0 Å². The highest BCUT2D eigenvalue weighted by Crippen LogP contribution is 2.29. The van der Waals surface area contributed by atoms with Gasteiger partial charge in [0.2, 0.25) is 5.16 Å². The number of Topliss-reactive ketones (excluding diaryl/α,β-unsaturated/α-hetero) is 1. The monoisotopic (exact) mass is 428 g/mol. The van der Waals surface area contributed by atoms with Crippen LogP contribution in [0.1, 0.15) is 28.4 Å². The topological polar surface area (TPSA) is 99.4 Å². The molecule has 1 atom stereocenters. The zero-order valence-electron chi connectivity index (χ0n) is 17.3. The molecule has 0 aliphatic rings. The van der Waals surface area contributed by atoms with E-state index >= 15 is 0 Å². The molecule has 0 saturated carbocycles. The third kappa shape index (κ3) is 5.17. The number of ketones is 1. The van der Waals surface area contributed by atoms with Gasteiger partial charge in [0.15, 0.2) is 17.3 Å². The third-order valence-corrected chi connectivity index (χ3v) is 5.50. The quantitative estimate of drug-likeness (QED) is 0.410. The normalized spacial score (nSPS) is 11.9. The lowest BCUT2D eigenvalue weighted by molar-refractivity contribution is 0.101. The number of benzene rings is 2. The van der Waals surface area contributed by atoms with Crippen LogP contribution in [-0.4, -0.2) is 56.7 Å². The van der Waals surface area contributed by atoms with Crippen molar-refractivity contribution in [2.75, 3.05) is 19.5 Å². The van der Waals surface area contributed by atoms with Gasteiger partial charge in [-0.15, -0.1) is 5.10 Å². The molecule has 0 saturated heterocycles. The van der Waals surface area contributed by atoms with Crippen LogP contribution in [0.2, 0.25) is 0 Å². The van der Waals surface area contributed by atoms with E-state index in [1.807, 2.05) is 32.0 Å². The predicted octanol–water partition coefficient (Wildman–Crippen LogP) is 3.02. The number of aryl methyl sites for hydroxylation is 2. The Kier molecular flexibility index (Phi) is 7.07. The second-order valence-corrected chi connectivity index (χ2v) is 7.85. The molecular formula is C21H24N4O4S. The number of aliphatic hydroxyl groups is 1. The van der Waals surface area contributed by atoms with Gasteiger partial charge in [0.25, 0.3) is 0 Å². The number of aliphatic hydroxyl groups excluding tert-OH is 1. The number of methoxy groups -OCH3 is 1. The summed E-state index contributed by atoms with van der Waals surface area (Å²) >= 11 is 1.34. The fraction of sp³-hybridized carbons (Fsp3) is 0.333. The van der Waals surface area contributed by atoms with Gasteiger partial charge in [-0.2, -0.15) is 4.68 Å². The number of nitrogens with zero attached hydrogens (tertiary/aromatic N) is 4. The molecule has 3 rings (SSSR count). The van der Waals surface area contributed by atoms with E-state index in [9.17, 15) is 9.90 Å². The number of tetrazole rings is 1. The highest BCUT2D eigenvalue weighted by molar-refractivity contribution is 7.99. The maximum absolute atomic E-state index is 11.5. The molecule has 1 N–H and O–H groups in total. The van der Waals surface area contributed by atoms with Crippen molar-refractivity contribution >= 4 is 17.5 Å². The van der Waals surface area contributed by atoms with Gasteiger partial charge in [-0.25, -0.2) is 0 Å². The standard InChI is InChI=1S/C21H24N4O4S/c1-13-5-6-14(2)18(9-13)25-21(22-23-24-25)30-12-17(27)11-29-19-8-7-16(15(3)26)10-20(19)28-4/h5-10,17,27H,11-12H2,1-4H3. The van der Waals surface area contributed by atoms with Crippen molar-refractivity contribution in [3.8, 4) is 17.2 Å². The smallest absolute Gasteiger partial charge is 0.214 e. The first-order chi connectivity index (χ1) is 14.4. The van der Waals surface area contributed by atoms with E-state index in [0.717, 1.165) is 16.8 Å². The zero-order valence-corrected chi connectivity index (χ0v) is 18.1. The Hall–Kier alpha value is -2.91. The van der Waals surface area contributed by atoms with Crippen LogP contribution in [0.3, 0.4) is 0 Å². The number of aromatic nitrogens is 4. The number of thioether (sulfide) groups is 1. The van der Waals surface area contributed by atoms with E-state index in [-0.39, 0.29) is 12.4 Å². The number of ether oxygens (including phenoxy) is 2. The van der Waals surface area contributed by atoms with Gasteiger partial charge in [-0.1, -0.05) is 23.9 Å². The maximum Gasteiger partial charge on any atom is 0.214 e. The van der Waals surface area contributed by atoms with Gasteiger partial charge < -0.3 is 14.6 Å². The van der Waals surface area contributed by atoms with Crippen LogP contribution in [0.4, 0.5) is 0 Å². The summed E-state index contributed by atoms with van der Waals surface area (Å²) in [4.78, 5) is 11.5. The van der Waals surface area contributed by atoms with Crippen LogP contribution < -0.4 is 9.47 Å². The minimum absolute atomic E-state index is 0.0575. The fourth-order valence-electron chi connectivity index (χ4n) is 2.78. The number of carbonyl (C=O) groups is 1. The Morgan fingerprint density at radius 3 is 2.73 bits per heavy atom. The molecule has 0 amide bonds. The molecule has 2 aromatic carbocycles. The lowest BCUT2D eigenvalue weighted by Gasteiger charge is -2.15. The molecule has 158 valence electrons. The molecule has 0 bridgehead atoms. The van der Waals surface area contributed by atoms with Gasteiger partial charge in [0, 0.05) is 11.3 Å². The molecule has 0 radical (unpaired) electrons. The van der Waals surface area contributed by atoms with E-state index < -0.39 is 6.10 Å². The molecule has 0 aliphatic heterocycles. The summed E-state index contributed by atoms with van der Waals surface area (Å²) in [7, 11) is 1.51. The van der Waals surface area contributed by atoms with E-state index in [4.69, 9.17) is 9.47 Å². The lowest BCUT2D eigenvalue weighted by Crippen LogP contribution is -2.20. The van der Waals surface area contributed by atoms with Crippen LogP contribution in [0.5, 0.6) is 11.5 Å². The van der Waals surface area contributed by atoms with Crippen LogP contribution in [-0.2, 0) is 0 Å². The Morgan fingerprint density at radius 2 is 2.00 bits per heavy atom. The largest absolute Gasteiger partial charge is 0.493 e. The molecule has 1 unspecified atom stereocenters. The third-order valence-electron chi connectivity index (χ3n) is 4.44. The number of hydrogen-bond donors (Lipinski definition) is 1. The van der Waals surface area contributed by atoms with Crippen molar-refractivity contribution in [2.45, 2.75) is 32.0 Å². The average Bonchev–Trinajstić information content (AvgIpc) is 3.20. The Morgan fingerprint density at radius 1 is 1.20 bits per heavy atom. The summed E-state index contributed by atoms with van der Waals surface area (Å²) in [6, 6.07) is 11.0. The predicted molar refractivity (Wildman–Crippen MR) is 114 cm³/mol. The first-order valence-corrected chi connectivity index (χ1v) is 10.4. The molecule has 1 heterocycles. The molecule has 8 nitrogen and oxygen atoms in total. The molecule has 0 spiro atoms. The van der Waals surface area contributed by atoms with E-state index in [2.05, 4.69) is 15.5 Å². The maximum atomic E-state index is 11.5. The van der Waals surface area contributed by atoms with Crippen molar-refractivity contribution in [3.63, 3.8) is 0 Å². The molecule has 30 heavy (non-hydrogen) atoms. The van der Waals surface area contributed by atoms with Gasteiger partial charge in [0.1, 0.15) is 6.61 Å². The Bertz CT molecular complexity index is 1040. The van der Waals surface area contributed by atoms with E-state index in [1.54, 1.807) is 22.9 Å². The minimum Gasteiger partial charge on any atom is -0.493 e. The van der Waals surface area contributed by atoms with Crippen molar-refractivity contribution in [3.05, 3.63) is 53.1 Å². The van der Waals surface area contributed by atoms with Crippen LogP contribution in [0.15, 0.2) is 41.6 Å². The van der Waals surface area contributed by atoms with Gasteiger partial charge in [-0.3, -0.25) is 4.79 Å². The number of rotatable bonds is 9. The molecular weight excluding hydrogens is 404 g/mol. The molecule has 0 fully saturated rings. The van der Waals surface area contributed by atoms with Crippen molar-refractivity contribution in [1.82, 2.24) is 20.2 Å². The van der Waals surface area contributed by atoms with Crippen molar-refractivity contribution < 1.29 is 19.4 Å². The second kappa shape index (κ2) is 9.73. The summed E-state index contributed by atoms with van der Waals surface area (Å²) in [6.45, 7) is 5.56. The first-order valence-electron chi connectivity index (χ1n) is 9.37. The summed E-state index contributed by atoms with van der Waals surface area (Å²) in [5, 5.41) is 22.9. The second-order valence-electron chi connectivity index (χ2n) is 6.86. The lowest BCUT2D eigenvalue weighted by atomic mass is 10.1. The fourth-order valence-corrected chi connectivity index (χ4v) is 3.57. The molecule has 3 aromatic rings. The molecule has 0 aliphatic carbocycles. The zero-order chi connectivity index (χ0) is 21.7. The average molecular weight is 429 g/mol. The van der Waals surface area contributed by atoms with Gasteiger partial charge >= 0.3 is 0 Å². The summed E-state index contributed by atoms with van der Waals surface area (Å²) in [5.41, 5.74) is 3.61. The van der Waals surface area contributed by atoms with Crippen LogP contribution >= 0.6 is 11.8 Å². The van der Waals surface area contributed by atoms with Crippen molar-refractivity contribution in [1.29, 1.82) is 0 Å². The Balaban J connectivity index is 1.61. The summed E-state index contributed by atoms with van der Waals surface area (Å²) in [5.74, 6) is 1.20. The summed E-state index contributed by atoms with van der Waals surface area (Å²) in [6.07, 6.45) is -0.754. The minimum atomic E-state index is -0.754. The molecule has 9 heteroatoms. The summed E-state index contributed by atoms with van der Waals surface area (Å²) < 4.78 is 12.6. The van der Waals surface area contributed by atoms with Crippen LogP contribution in [0.25, 0.3) is 5.69 Å². The highest BCUT2D eigenvalue weighted by atomic mass is 32.2. The molecule has 1 aromatic heterocycles. The SMILES string of the molecule is COc1cc(C(C)=O)ccc1OCC(O)CSc1nnnn1-c1cc(C)ccc1C. The number of hydrogen-bond acceptors (Lipinski definition) is 8. The first kappa shape index (κ1) is 21.8.